The number of aliphatic hydroxyl groups is 1. The Kier molecular flexibility index (Phi) is 5.32. The third-order valence-corrected chi connectivity index (χ3v) is 4.73. The number of hydrogen-bond acceptors (Lipinski definition) is 3. The number of rotatable bonds is 5. The maximum atomic E-state index is 11.8. The van der Waals surface area contributed by atoms with E-state index in [1.165, 1.54) is 4.31 Å². The van der Waals surface area contributed by atoms with E-state index >= 15 is 0 Å². The fraction of sp³-hybridized carbons (Fsp3) is 1.00. The average Bonchev–Trinajstić information content (AvgIpc) is 2.18. The highest BCUT2D eigenvalue weighted by Crippen LogP contribution is 2.15. The topological polar surface area (TPSA) is 57.6 Å². The number of β-amino-alcohol motifs (C(OH)–C–C–N with tert-alkyl or cyclic N) is 1. The van der Waals surface area contributed by atoms with Gasteiger partial charge in [0.25, 0.3) is 0 Å². The molecule has 0 aromatic heterocycles. The summed E-state index contributed by atoms with van der Waals surface area (Å²) in [7, 11) is -3.17. The van der Waals surface area contributed by atoms with E-state index in [-0.39, 0.29) is 12.3 Å². The van der Waals surface area contributed by atoms with Gasteiger partial charge < -0.3 is 5.11 Å². The molecule has 1 aliphatic heterocycles. The first kappa shape index (κ1) is 13.2. The lowest BCUT2D eigenvalue weighted by molar-refractivity contribution is 0.108. The van der Waals surface area contributed by atoms with Crippen LogP contribution in [0, 0.1) is 0 Å². The molecular weight excluding hydrogens is 238 g/mol. The van der Waals surface area contributed by atoms with Crippen LogP contribution in [0.5, 0.6) is 0 Å². The molecule has 1 heterocycles. The Hall–Kier alpha value is 0.160. The molecule has 0 aromatic carbocycles. The van der Waals surface area contributed by atoms with Crippen LogP contribution in [0.1, 0.15) is 25.7 Å². The van der Waals surface area contributed by atoms with Gasteiger partial charge in [-0.2, -0.15) is 4.31 Å². The van der Waals surface area contributed by atoms with Crippen LogP contribution in [0.3, 0.4) is 0 Å². The van der Waals surface area contributed by atoms with Crippen molar-refractivity contribution in [1.29, 1.82) is 0 Å². The molecule has 1 aliphatic rings. The Morgan fingerprint density at radius 1 is 1.40 bits per heavy atom. The fourth-order valence-electron chi connectivity index (χ4n) is 1.68. The van der Waals surface area contributed by atoms with Crippen LogP contribution in [0.2, 0.25) is 0 Å². The van der Waals surface area contributed by atoms with Crippen molar-refractivity contribution >= 4 is 21.6 Å². The average molecular weight is 256 g/mol. The standard InChI is InChI=1S/C9H18ClNO3S/c10-5-1-2-7-15(13,14)11-6-3-4-9(12)8-11/h9,12H,1-8H2. The second-order valence-corrected chi connectivity index (χ2v) is 6.33. The molecule has 4 nitrogen and oxygen atoms in total. The second-order valence-electron chi connectivity index (χ2n) is 3.87. The normalized spacial score (nSPS) is 24.3. The zero-order valence-corrected chi connectivity index (χ0v) is 10.3. The minimum absolute atomic E-state index is 0.145. The molecule has 90 valence electrons. The van der Waals surface area contributed by atoms with E-state index in [2.05, 4.69) is 0 Å². The lowest BCUT2D eigenvalue weighted by Gasteiger charge is -2.29. The summed E-state index contributed by atoms with van der Waals surface area (Å²) in [5.74, 6) is 0.643. The predicted octanol–water partition coefficient (Wildman–Crippen LogP) is 0.792. The minimum atomic E-state index is -3.17. The summed E-state index contributed by atoms with van der Waals surface area (Å²) in [5.41, 5.74) is 0. The van der Waals surface area contributed by atoms with Gasteiger partial charge in [-0.25, -0.2) is 8.42 Å². The smallest absolute Gasteiger partial charge is 0.214 e. The Morgan fingerprint density at radius 2 is 2.13 bits per heavy atom. The highest BCUT2D eigenvalue weighted by Gasteiger charge is 2.27. The number of alkyl halides is 1. The quantitative estimate of drug-likeness (QED) is 0.584. The van der Waals surface area contributed by atoms with Crippen molar-refractivity contribution < 1.29 is 13.5 Å². The van der Waals surface area contributed by atoms with Gasteiger partial charge in [0.15, 0.2) is 0 Å². The van der Waals surface area contributed by atoms with Crippen LogP contribution in [-0.4, -0.2) is 48.7 Å². The number of aliphatic hydroxyl groups excluding tert-OH is 1. The van der Waals surface area contributed by atoms with E-state index in [0.717, 1.165) is 12.8 Å². The van der Waals surface area contributed by atoms with Gasteiger partial charge in [0.05, 0.1) is 11.9 Å². The first-order valence-corrected chi connectivity index (χ1v) is 7.42. The van der Waals surface area contributed by atoms with Crippen LogP contribution in [0.4, 0.5) is 0 Å². The molecule has 0 aliphatic carbocycles. The summed E-state index contributed by atoms with van der Waals surface area (Å²) in [4.78, 5) is 0. The Morgan fingerprint density at radius 3 is 2.73 bits per heavy atom. The molecule has 0 amide bonds. The largest absolute Gasteiger partial charge is 0.392 e. The van der Waals surface area contributed by atoms with Crippen LogP contribution in [0.25, 0.3) is 0 Å². The molecular formula is C9H18ClNO3S. The van der Waals surface area contributed by atoms with Crippen molar-refractivity contribution in [3.05, 3.63) is 0 Å². The van der Waals surface area contributed by atoms with E-state index in [1.54, 1.807) is 0 Å². The highest BCUT2D eigenvalue weighted by atomic mass is 35.5. The number of nitrogens with zero attached hydrogens (tertiary/aromatic N) is 1. The van der Waals surface area contributed by atoms with Crippen molar-refractivity contribution in [2.24, 2.45) is 0 Å². The predicted molar refractivity (Wildman–Crippen MR) is 60.6 cm³/mol. The highest BCUT2D eigenvalue weighted by molar-refractivity contribution is 7.89. The van der Waals surface area contributed by atoms with Crippen molar-refractivity contribution in [3.8, 4) is 0 Å². The molecule has 1 rings (SSSR count). The Labute approximate surface area is 96.3 Å². The summed E-state index contributed by atoms with van der Waals surface area (Å²) < 4.78 is 25.0. The van der Waals surface area contributed by atoms with E-state index in [9.17, 15) is 13.5 Å². The molecule has 1 N–H and O–H groups in total. The zero-order valence-electron chi connectivity index (χ0n) is 8.73. The number of piperidine rings is 1. The van der Waals surface area contributed by atoms with Gasteiger partial charge >= 0.3 is 0 Å². The van der Waals surface area contributed by atoms with Gasteiger partial charge in [-0.15, -0.1) is 11.6 Å². The van der Waals surface area contributed by atoms with Gasteiger partial charge in [-0.05, 0) is 25.7 Å². The maximum absolute atomic E-state index is 11.8. The van der Waals surface area contributed by atoms with Crippen LogP contribution < -0.4 is 0 Å². The summed E-state index contributed by atoms with van der Waals surface area (Å²) in [5, 5.41) is 9.39. The van der Waals surface area contributed by atoms with E-state index in [0.29, 0.717) is 25.3 Å². The van der Waals surface area contributed by atoms with Crippen LogP contribution >= 0.6 is 11.6 Å². The number of hydrogen-bond donors (Lipinski definition) is 1. The number of halogens is 1. The van der Waals surface area contributed by atoms with Gasteiger partial charge in [-0.1, -0.05) is 0 Å². The third-order valence-electron chi connectivity index (χ3n) is 2.54. The third kappa shape index (κ3) is 4.26. The first-order valence-electron chi connectivity index (χ1n) is 5.28. The molecule has 0 bridgehead atoms. The molecule has 0 aromatic rings. The summed E-state index contributed by atoms with van der Waals surface area (Å²) in [6, 6.07) is 0. The second kappa shape index (κ2) is 6.03. The van der Waals surface area contributed by atoms with Crippen molar-refractivity contribution in [2.75, 3.05) is 24.7 Å². The Bertz CT molecular complexity index is 281. The lowest BCUT2D eigenvalue weighted by atomic mass is 10.1. The molecule has 1 unspecified atom stereocenters. The molecule has 1 saturated heterocycles. The lowest BCUT2D eigenvalue weighted by Crippen LogP contribution is -2.43. The van der Waals surface area contributed by atoms with Gasteiger partial charge in [-0.3, -0.25) is 0 Å². The number of unbranched alkanes of at least 4 members (excludes halogenated alkanes) is 1. The number of sulfonamides is 1. The molecule has 0 spiro atoms. The summed E-state index contributed by atoms with van der Waals surface area (Å²) in [6.45, 7) is 0.795. The summed E-state index contributed by atoms with van der Waals surface area (Å²) in [6.07, 6.45) is 2.26. The molecule has 1 atom stereocenters. The van der Waals surface area contributed by atoms with Gasteiger partial charge in [0, 0.05) is 19.0 Å². The van der Waals surface area contributed by atoms with E-state index < -0.39 is 16.1 Å². The van der Waals surface area contributed by atoms with Crippen molar-refractivity contribution in [1.82, 2.24) is 4.31 Å². The van der Waals surface area contributed by atoms with Crippen LogP contribution in [0.15, 0.2) is 0 Å². The molecule has 6 heteroatoms. The molecule has 0 radical (unpaired) electrons. The SMILES string of the molecule is O=S(=O)(CCCCCl)N1CCCC(O)C1. The molecule has 15 heavy (non-hydrogen) atoms. The monoisotopic (exact) mass is 255 g/mol. The zero-order chi connectivity index (χ0) is 11.3. The van der Waals surface area contributed by atoms with Gasteiger partial charge in [0.2, 0.25) is 10.0 Å². The van der Waals surface area contributed by atoms with Crippen molar-refractivity contribution in [3.63, 3.8) is 0 Å². The maximum Gasteiger partial charge on any atom is 0.214 e. The van der Waals surface area contributed by atoms with E-state index in [4.69, 9.17) is 11.6 Å². The molecule has 1 fully saturated rings. The van der Waals surface area contributed by atoms with E-state index in [1.807, 2.05) is 0 Å². The van der Waals surface area contributed by atoms with Crippen molar-refractivity contribution in [2.45, 2.75) is 31.8 Å². The van der Waals surface area contributed by atoms with Gasteiger partial charge in [0.1, 0.15) is 0 Å². The fourth-order valence-corrected chi connectivity index (χ4v) is 3.50. The Balaban J connectivity index is 2.45. The van der Waals surface area contributed by atoms with Crippen LogP contribution in [-0.2, 0) is 10.0 Å². The summed E-state index contributed by atoms with van der Waals surface area (Å²) >= 11 is 5.49. The first-order chi connectivity index (χ1) is 7.06. The molecule has 0 saturated carbocycles. The minimum Gasteiger partial charge on any atom is -0.392 e.